The number of nitrogens with one attached hydrogen (secondary N) is 1. The minimum Gasteiger partial charge on any atom is -0.375 e. The Morgan fingerprint density at radius 3 is 2.45 bits per heavy atom. The quantitative estimate of drug-likeness (QED) is 0.442. The number of nitrogens with two attached hydrogens (primary N) is 1. The maximum absolute atomic E-state index is 13.6. The molecule has 1 aliphatic carbocycles. The van der Waals surface area contributed by atoms with E-state index in [9.17, 15) is 26.4 Å². The number of benzene rings is 1. The van der Waals surface area contributed by atoms with Crippen molar-refractivity contribution in [3.8, 4) is 10.6 Å². The van der Waals surface area contributed by atoms with Crippen molar-refractivity contribution in [1.29, 1.82) is 0 Å². The van der Waals surface area contributed by atoms with Gasteiger partial charge in [0.25, 0.3) is 0 Å². The van der Waals surface area contributed by atoms with Crippen LogP contribution >= 0.6 is 11.3 Å². The summed E-state index contributed by atoms with van der Waals surface area (Å²) < 4.78 is 64.8. The second-order valence-corrected chi connectivity index (χ2v) is 12.9. The summed E-state index contributed by atoms with van der Waals surface area (Å²) in [4.78, 5) is 23.1. The summed E-state index contributed by atoms with van der Waals surface area (Å²) in [7, 11) is -3.31. The highest BCUT2D eigenvalue weighted by Gasteiger charge is 2.48. The van der Waals surface area contributed by atoms with E-state index in [2.05, 4.69) is 15.3 Å². The second-order valence-electron chi connectivity index (χ2n) is 9.57. The first kappa shape index (κ1) is 26.4. The average molecular weight is 566 g/mol. The number of nitrogen functional groups attached to an aromatic ring is 1. The number of aromatic nitrogens is 2. The maximum Gasteiger partial charge on any atom is 0.434 e. The van der Waals surface area contributed by atoms with E-state index in [1.54, 1.807) is 30.0 Å². The van der Waals surface area contributed by atoms with Crippen molar-refractivity contribution in [3.05, 3.63) is 53.3 Å². The van der Waals surface area contributed by atoms with Crippen LogP contribution in [-0.4, -0.2) is 36.7 Å². The zero-order valence-electron chi connectivity index (χ0n) is 20.5. The SMILES string of the molecule is CCS(=O)(=O)c1ccc(CNC(=O)N2CC3(CCCC3)c3nc(-c4sc(N)nc4C(F)(F)F)ccc32)cc1. The van der Waals surface area contributed by atoms with E-state index in [0.717, 1.165) is 42.6 Å². The third-order valence-electron chi connectivity index (χ3n) is 7.18. The van der Waals surface area contributed by atoms with Crippen molar-refractivity contribution in [1.82, 2.24) is 15.3 Å². The van der Waals surface area contributed by atoms with Crippen LogP contribution in [0.2, 0.25) is 0 Å². The van der Waals surface area contributed by atoms with Gasteiger partial charge < -0.3 is 11.1 Å². The molecule has 0 bridgehead atoms. The summed E-state index contributed by atoms with van der Waals surface area (Å²) in [5.41, 5.74) is 6.20. The predicted molar refractivity (Wildman–Crippen MR) is 139 cm³/mol. The van der Waals surface area contributed by atoms with Crippen LogP contribution in [0.5, 0.6) is 0 Å². The van der Waals surface area contributed by atoms with Crippen molar-refractivity contribution < 1.29 is 26.4 Å². The molecule has 13 heteroatoms. The molecular weight excluding hydrogens is 539 g/mol. The van der Waals surface area contributed by atoms with E-state index in [-0.39, 0.29) is 38.9 Å². The summed E-state index contributed by atoms with van der Waals surface area (Å²) >= 11 is 0.741. The minimum absolute atomic E-state index is 0.00283. The molecule has 0 radical (unpaired) electrons. The number of carbonyl (C=O) groups is 1. The molecule has 8 nitrogen and oxygen atoms in total. The normalized spacial score (nSPS) is 16.7. The summed E-state index contributed by atoms with van der Waals surface area (Å²) in [6.45, 7) is 2.15. The van der Waals surface area contributed by atoms with Crippen molar-refractivity contribution in [2.24, 2.45) is 0 Å². The van der Waals surface area contributed by atoms with Gasteiger partial charge in [0.2, 0.25) is 0 Å². The van der Waals surface area contributed by atoms with Gasteiger partial charge in [-0.1, -0.05) is 43.2 Å². The fourth-order valence-corrected chi connectivity index (χ4v) is 6.94. The molecule has 38 heavy (non-hydrogen) atoms. The molecule has 0 unspecified atom stereocenters. The Morgan fingerprint density at radius 2 is 1.82 bits per heavy atom. The molecule has 0 atom stereocenters. The number of hydrogen-bond donors (Lipinski definition) is 2. The highest BCUT2D eigenvalue weighted by atomic mass is 32.2. The summed E-state index contributed by atoms with van der Waals surface area (Å²) in [5.74, 6) is 0.00283. The first-order chi connectivity index (χ1) is 17.9. The lowest BCUT2D eigenvalue weighted by atomic mass is 9.84. The lowest BCUT2D eigenvalue weighted by molar-refractivity contribution is -0.140. The van der Waals surface area contributed by atoms with Crippen LogP contribution in [0, 0.1) is 0 Å². The van der Waals surface area contributed by atoms with E-state index in [4.69, 9.17) is 5.73 Å². The van der Waals surface area contributed by atoms with Gasteiger partial charge in [0.05, 0.1) is 32.6 Å². The Balaban J connectivity index is 1.41. The topological polar surface area (TPSA) is 118 Å². The van der Waals surface area contributed by atoms with E-state index in [1.807, 2.05) is 0 Å². The highest BCUT2D eigenvalue weighted by Crippen LogP contribution is 2.51. The molecule has 1 aliphatic heterocycles. The number of thiazole rings is 1. The molecule has 2 aliphatic rings. The third kappa shape index (κ3) is 4.73. The van der Waals surface area contributed by atoms with Crippen LogP contribution < -0.4 is 16.0 Å². The van der Waals surface area contributed by atoms with Gasteiger partial charge in [-0.25, -0.2) is 23.2 Å². The van der Waals surface area contributed by atoms with Crippen molar-refractivity contribution >= 4 is 38.0 Å². The van der Waals surface area contributed by atoms with Gasteiger partial charge >= 0.3 is 12.2 Å². The first-order valence-corrected chi connectivity index (χ1v) is 14.6. The number of carbonyl (C=O) groups excluding carboxylic acids is 1. The number of hydrogen-bond acceptors (Lipinski definition) is 7. The Bertz CT molecular complexity index is 1480. The third-order valence-corrected chi connectivity index (χ3v) is 9.84. The fourth-order valence-electron chi connectivity index (χ4n) is 5.23. The number of amides is 2. The zero-order valence-corrected chi connectivity index (χ0v) is 22.1. The second kappa shape index (κ2) is 9.53. The summed E-state index contributed by atoms with van der Waals surface area (Å²) in [6.07, 6.45) is -1.22. The Kier molecular flexibility index (Phi) is 6.62. The fraction of sp³-hybridized carbons (Fsp3) is 0.400. The molecule has 1 spiro atoms. The highest BCUT2D eigenvalue weighted by molar-refractivity contribution is 7.91. The minimum atomic E-state index is -4.67. The molecule has 2 aromatic heterocycles. The number of nitrogens with zero attached hydrogens (tertiary/aromatic N) is 3. The molecule has 2 amide bonds. The van der Waals surface area contributed by atoms with Crippen LogP contribution in [0.4, 0.5) is 28.8 Å². The average Bonchev–Trinajstić information content (AvgIpc) is 3.60. The van der Waals surface area contributed by atoms with E-state index < -0.39 is 27.1 Å². The smallest absolute Gasteiger partial charge is 0.375 e. The van der Waals surface area contributed by atoms with Gasteiger partial charge in [-0.05, 0) is 42.7 Å². The molecule has 1 saturated carbocycles. The number of rotatable bonds is 5. The van der Waals surface area contributed by atoms with Gasteiger partial charge in [-0.15, -0.1) is 0 Å². The Hall–Kier alpha value is -3.19. The molecule has 1 fully saturated rings. The Labute approximate surface area is 222 Å². The van der Waals surface area contributed by atoms with Crippen LogP contribution in [-0.2, 0) is 28.0 Å². The predicted octanol–water partition coefficient (Wildman–Crippen LogP) is 5.14. The molecule has 202 valence electrons. The standard InChI is InChI=1S/C25H26F3N5O3S2/c1-2-38(35,36)16-7-5-15(6-8-16)13-30-23(34)33-14-24(11-3-4-12-24)20-18(33)10-9-17(31-20)19-21(25(26,27)28)32-22(29)37-19/h5-10H,2-4,11-14H2,1H3,(H2,29,32)(H,30,34). The summed E-state index contributed by atoms with van der Waals surface area (Å²) in [6, 6.07) is 9.12. The number of anilines is 2. The van der Waals surface area contributed by atoms with Crippen molar-refractivity contribution in [2.75, 3.05) is 22.9 Å². The lowest BCUT2D eigenvalue weighted by Gasteiger charge is -2.24. The number of pyridine rings is 1. The molecule has 0 saturated heterocycles. The largest absolute Gasteiger partial charge is 0.434 e. The summed E-state index contributed by atoms with van der Waals surface area (Å²) in [5, 5.41) is 2.69. The maximum atomic E-state index is 13.6. The molecule has 5 rings (SSSR count). The Morgan fingerprint density at radius 1 is 1.13 bits per heavy atom. The van der Waals surface area contributed by atoms with Crippen molar-refractivity contribution in [3.63, 3.8) is 0 Å². The van der Waals surface area contributed by atoms with Crippen molar-refractivity contribution in [2.45, 2.75) is 55.6 Å². The molecule has 3 aromatic rings. The number of alkyl halides is 3. The number of urea groups is 1. The molecular formula is C25H26F3N5O3S2. The molecule has 3 heterocycles. The van der Waals surface area contributed by atoms with Gasteiger partial charge in [0.15, 0.2) is 20.7 Å². The van der Waals surface area contributed by atoms with E-state index in [1.165, 1.54) is 18.2 Å². The number of fused-ring (bicyclic) bond motifs is 2. The van der Waals surface area contributed by atoms with Crippen LogP contribution in [0.1, 0.15) is 49.6 Å². The van der Waals surface area contributed by atoms with Gasteiger partial charge in [0.1, 0.15) is 0 Å². The molecule has 3 N–H and O–H groups in total. The lowest BCUT2D eigenvalue weighted by Crippen LogP contribution is -2.41. The van der Waals surface area contributed by atoms with E-state index in [0.29, 0.717) is 17.9 Å². The number of halogens is 3. The molecule has 1 aromatic carbocycles. The van der Waals surface area contributed by atoms with E-state index >= 15 is 0 Å². The van der Waals surface area contributed by atoms with Gasteiger partial charge in [-0.3, -0.25) is 4.90 Å². The van der Waals surface area contributed by atoms with Gasteiger partial charge in [0, 0.05) is 18.5 Å². The van der Waals surface area contributed by atoms with Crippen LogP contribution in [0.3, 0.4) is 0 Å². The number of sulfone groups is 1. The van der Waals surface area contributed by atoms with Gasteiger partial charge in [-0.2, -0.15) is 13.2 Å². The van der Waals surface area contributed by atoms with Crippen LogP contribution in [0.25, 0.3) is 10.6 Å². The monoisotopic (exact) mass is 565 g/mol. The first-order valence-electron chi connectivity index (χ1n) is 12.2. The van der Waals surface area contributed by atoms with Crippen LogP contribution in [0.15, 0.2) is 41.3 Å². The zero-order chi connectivity index (χ0) is 27.3.